The Kier molecular flexibility index (Phi) is 5.26. The summed E-state index contributed by atoms with van der Waals surface area (Å²) >= 11 is 0. The van der Waals surface area contributed by atoms with Gasteiger partial charge in [-0.2, -0.15) is 0 Å². The van der Waals surface area contributed by atoms with Crippen LogP contribution in [0.3, 0.4) is 0 Å². The van der Waals surface area contributed by atoms with E-state index in [1.807, 2.05) is 12.1 Å². The van der Waals surface area contributed by atoms with Gasteiger partial charge in [-0.25, -0.2) is 0 Å². The average molecular weight is 243 g/mol. The second-order valence-corrected chi connectivity index (χ2v) is 4.81. The standard InChI is InChI=1S/C16H21NO/c18-13-7-10-15-8-3-4-9-16(15)14-17-11-5-1-2-6-12-17/h3-4,8-9,18H,1-2,5-6,11-14H2. The fraction of sp³-hybridized carbons (Fsp3) is 0.500. The van der Waals surface area contributed by atoms with Gasteiger partial charge in [0.1, 0.15) is 6.61 Å². The zero-order valence-electron chi connectivity index (χ0n) is 10.9. The van der Waals surface area contributed by atoms with Gasteiger partial charge in [0, 0.05) is 12.1 Å². The maximum Gasteiger partial charge on any atom is 0.104 e. The number of rotatable bonds is 2. The Labute approximate surface area is 110 Å². The molecule has 0 aliphatic carbocycles. The smallest absolute Gasteiger partial charge is 0.104 e. The van der Waals surface area contributed by atoms with E-state index in [-0.39, 0.29) is 6.61 Å². The molecule has 0 bridgehead atoms. The van der Waals surface area contributed by atoms with Gasteiger partial charge in [-0.1, -0.05) is 42.9 Å². The first-order valence-corrected chi connectivity index (χ1v) is 6.80. The highest BCUT2D eigenvalue weighted by molar-refractivity contribution is 5.41. The molecule has 1 aliphatic heterocycles. The minimum Gasteiger partial charge on any atom is -0.384 e. The average Bonchev–Trinajstić information content (AvgIpc) is 2.66. The minimum absolute atomic E-state index is 0.0714. The molecule has 96 valence electrons. The Bertz CT molecular complexity index is 422. The van der Waals surface area contributed by atoms with E-state index in [4.69, 9.17) is 5.11 Å². The van der Waals surface area contributed by atoms with Crippen LogP contribution in [0.25, 0.3) is 0 Å². The Morgan fingerprint density at radius 2 is 1.78 bits per heavy atom. The highest BCUT2D eigenvalue weighted by Gasteiger charge is 2.10. The molecule has 1 aromatic carbocycles. The molecule has 0 atom stereocenters. The lowest BCUT2D eigenvalue weighted by Crippen LogP contribution is -2.24. The monoisotopic (exact) mass is 243 g/mol. The van der Waals surface area contributed by atoms with E-state index in [1.165, 1.54) is 44.3 Å². The molecule has 0 saturated carbocycles. The largest absolute Gasteiger partial charge is 0.384 e. The van der Waals surface area contributed by atoms with Crippen LogP contribution in [0.4, 0.5) is 0 Å². The molecule has 1 fully saturated rings. The molecule has 2 rings (SSSR count). The van der Waals surface area contributed by atoms with E-state index in [9.17, 15) is 0 Å². The van der Waals surface area contributed by atoms with Crippen molar-refractivity contribution in [2.75, 3.05) is 19.7 Å². The number of hydrogen-bond donors (Lipinski definition) is 1. The van der Waals surface area contributed by atoms with Gasteiger partial charge in [-0.15, -0.1) is 0 Å². The van der Waals surface area contributed by atoms with Crippen LogP contribution in [0.1, 0.15) is 36.8 Å². The Morgan fingerprint density at radius 3 is 2.50 bits per heavy atom. The molecule has 0 radical (unpaired) electrons. The summed E-state index contributed by atoms with van der Waals surface area (Å²) in [6.07, 6.45) is 5.35. The first-order valence-electron chi connectivity index (χ1n) is 6.80. The first kappa shape index (κ1) is 13.1. The summed E-state index contributed by atoms with van der Waals surface area (Å²) < 4.78 is 0. The molecule has 2 heteroatoms. The van der Waals surface area contributed by atoms with Crippen molar-refractivity contribution in [3.63, 3.8) is 0 Å². The Hall–Kier alpha value is -1.30. The molecule has 0 spiro atoms. The van der Waals surface area contributed by atoms with Crippen LogP contribution in [0.2, 0.25) is 0 Å². The summed E-state index contributed by atoms with van der Waals surface area (Å²) in [6.45, 7) is 3.30. The van der Waals surface area contributed by atoms with Gasteiger partial charge in [0.05, 0.1) is 0 Å². The predicted molar refractivity (Wildman–Crippen MR) is 74.2 cm³/mol. The van der Waals surface area contributed by atoms with Gasteiger partial charge in [0.15, 0.2) is 0 Å². The zero-order chi connectivity index (χ0) is 12.6. The second-order valence-electron chi connectivity index (χ2n) is 4.81. The summed E-state index contributed by atoms with van der Waals surface area (Å²) in [4.78, 5) is 2.52. The van der Waals surface area contributed by atoms with Crippen molar-refractivity contribution < 1.29 is 5.11 Å². The van der Waals surface area contributed by atoms with E-state index in [1.54, 1.807) is 0 Å². The van der Waals surface area contributed by atoms with Crippen molar-refractivity contribution in [1.82, 2.24) is 4.90 Å². The van der Waals surface area contributed by atoms with Gasteiger partial charge < -0.3 is 5.11 Å². The summed E-state index contributed by atoms with van der Waals surface area (Å²) in [6, 6.07) is 8.26. The van der Waals surface area contributed by atoms with Crippen LogP contribution in [-0.4, -0.2) is 29.7 Å². The lowest BCUT2D eigenvalue weighted by atomic mass is 10.1. The molecule has 1 N–H and O–H groups in total. The van der Waals surface area contributed by atoms with Crippen molar-refractivity contribution in [2.45, 2.75) is 32.2 Å². The van der Waals surface area contributed by atoms with Crippen LogP contribution >= 0.6 is 0 Å². The molecule has 0 unspecified atom stereocenters. The normalized spacial score (nSPS) is 16.7. The van der Waals surface area contributed by atoms with Gasteiger partial charge >= 0.3 is 0 Å². The van der Waals surface area contributed by atoms with E-state index < -0.39 is 0 Å². The molecule has 2 nitrogen and oxygen atoms in total. The van der Waals surface area contributed by atoms with Crippen LogP contribution < -0.4 is 0 Å². The fourth-order valence-corrected chi connectivity index (χ4v) is 2.45. The number of hydrogen-bond acceptors (Lipinski definition) is 2. The molecule has 1 saturated heterocycles. The molecular formula is C16H21NO. The number of benzene rings is 1. The predicted octanol–water partition coefficient (Wildman–Crippen LogP) is 2.41. The summed E-state index contributed by atoms with van der Waals surface area (Å²) in [5.74, 6) is 5.78. The molecule has 1 heterocycles. The van der Waals surface area contributed by atoms with Gasteiger partial charge in [-0.05, 0) is 37.6 Å². The van der Waals surface area contributed by atoms with Crippen molar-refractivity contribution >= 4 is 0 Å². The van der Waals surface area contributed by atoms with E-state index in [2.05, 4.69) is 28.9 Å². The van der Waals surface area contributed by atoms with Crippen molar-refractivity contribution in [3.8, 4) is 11.8 Å². The van der Waals surface area contributed by atoms with Crippen LogP contribution in [0.5, 0.6) is 0 Å². The van der Waals surface area contributed by atoms with E-state index >= 15 is 0 Å². The van der Waals surface area contributed by atoms with E-state index in [0.717, 1.165) is 12.1 Å². The molecule has 0 amide bonds. The first-order chi connectivity index (χ1) is 8.90. The summed E-state index contributed by atoms with van der Waals surface area (Å²) in [5, 5.41) is 8.79. The van der Waals surface area contributed by atoms with Gasteiger partial charge in [0.25, 0.3) is 0 Å². The fourth-order valence-electron chi connectivity index (χ4n) is 2.45. The third kappa shape index (κ3) is 3.87. The number of aliphatic hydroxyl groups excluding tert-OH is 1. The van der Waals surface area contributed by atoms with Gasteiger partial charge in [-0.3, -0.25) is 4.90 Å². The Balaban J connectivity index is 2.07. The van der Waals surface area contributed by atoms with Crippen LogP contribution in [-0.2, 0) is 6.54 Å². The number of likely N-dealkylation sites (tertiary alicyclic amines) is 1. The molecular weight excluding hydrogens is 222 g/mol. The van der Waals surface area contributed by atoms with Crippen LogP contribution in [0, 0.1) is 11.8 Å². The third-order valence-corrected chi connectivity index (χ3v) is 3.41. The second kappa shape index (κ2) is 7.20. The number of aliphatic hydroxyl groups is 1. The zero-order valence-corrected chi connectivity index (χ0v) is 10.9. The van der Waals surface area contributed by atoms with E-state index in [0.29, 0.717) is 0 Å². The highest BCUT2D eigenvalue weighted by Crippen LogP contribution is 2.15. The van der Waals surface area contributed by atoms with Crippen molar-refractivity contribution in [1.29, 1.82) is 0 Å². The minimum atomic E-state index is -0.0714. The molecule has 1 aromatic rings. The maximum absolute atomic E-state index is 8.79. The maximum atomic E-state index is 8.79. The molecule has 1 aliphatic rings. The lowest BCUT2D eigenvalue weighted by Gasteiger charge is -2.20. The molecule has 18 heavy (non-hydrogen) atoms. The third-order valence-electron chi connectivity index (χ3n) is 3.41. The van der Waals surface area contributed by atoms with Crippen molar-refractivity contribution in [2.24, 2.45) is 0 Å². The quantitative estimate of drug-likeness (QED) is 0.806. The topological polar surface area (TPSA) is 23.5 Å². The Morgan fingerprint density at radius 1 is 1.06 bits per heavy atom. The summed E-state index contributed by atoms with van der Waals surface area (Å²) in [5.41, 5.74) is 2.33. The van der Waals surface area contributed by atoms with Crippen LogP contribution in [0.15, 0.2) is 24.3 Å². The molecule has 0 aromatic heterocycles. The van der Waals surface area contributed by atoms with Crippen molar-refractivity contribution in [3.05, 3.63) is 35.4 Å². The SMILES string of the molecule is OCC#Cc1ccccc1CN1CCCCCC1. The lowest BCUT2D eigenvalue weighted by molar-refractivity contribution is 0.277. The van der Waals surface area contributed by atoms with Gasteiger partial charge in [0.2, 0.25) is 0 Å². The summed E-state index contributed by atoms with van der Waals surface area (Å²) in [7, 11) is 0. The number of nitrogens with zero attached hydrogens (tertiary/aromatic N) is 1. The highest BCUT2D eigenvalue weighted by atomic mass is 16.2.